The number of carbonyl (C=O) groups is 2. The summed E-state index contributed by atoms with van der Waals surface area (Å²) in [6.07, 6.45) is 5.37. The van der Waals surface area contributed by atoms with E-state index in [0.717, 1.165) is 32.1 Å². The van der Waals surface area contributed by atoms with Crippen LogP contribution in [0.5, 0.6) is 0 Å². The Labute approximate surface area is 114 Å². The van der Waals surface area contributed by atoms with E-state index < -0.39 is 0 Å². The summed E-state index contributed by atoms with van der Waals surface area (Å²) < 4.78 is 5.03. The lowest BCUT2D eigenvalue weighted by Gasteiger charge is -2.23. The van der Waals surface area contributed by atoms with Crippen LogP contribution in [0, 0.1) is 0 Å². The van der Waals surface area contributed by atoms with Crippen LogP contribution in [0.15, 0.2) is 0 Å². The van der Waals surface area contributed by atoms with Gasteiger partial charge in [0.2, 0.25) is 11.8 Å². The summed E-state index contributed by atoms with van der Waals surface area (Å²) in [4.78, 5) is 25.9. The Balaban J connectivity index is 1.90. The van der Waals surface area contributed by atoms with Crippen LogP contribution in [0.1, 0.15) is 45.4 Å². The third kappa shape index (κ3) is 3.34. The Kier molecular flexibility index (Phi) is 4.93. The molecule has 2 fully saturated rings. The molecule has 2 unspecified atom stereocenters. The molecule has 0 spiro atoms. The van der Waals surface area contributed by atoms with Crippen molar-refractivity contribution in [3.05, 3.63) is 0 Å². The topological polar surface area (TPSA) is 58.6 Å². The lowest BCUT2D eigenvalue weighted by molar-refractivity contribution is -0.141. The molecule has 0 aromatic rings. The zero-order valence-electron chi connectivity index (χ0n) is 11.9. The number of carbonyl (C=O) groups excluding carboxylic acids is 2. The fourth-order valence-corrected chi connectivity index (χ4v) is 3.05. The molecule has 1 N–H and O–H groups in total. The van der Waals surface area contributed by atoms with Crippen LogP contribution >= 0.6 is 0 Å². The second-order valence-corrected chi connectivity index (χ2v) is 5.65. The average Bonchev–Trinajstić information content (AvgIpc) is 2.96. The fraction of sp³-hybridized carbons (Fsp3) is 0.857. The normalized spacial score (nSPS) is 26.4. The molecule has 2 atom stereocenters. The number of imide groups is 1. The van der Waals surface area contributed by atoms with Crippen LogP contribution in [-0.2, 0) is 14.3 Å². The Bertz CT molecular complexity index is 340. The fourth-order valence-electron chi connectivity index (χ4n) is 3.05. The van der Waals surface area contributed by atoms with E-state index in [-0.39, 0.29) is 29.9 Å². The van der Waals surface area contributed by atoms with E-state index in [1.807, 2.05) is 6.92 Å². The standard InChI is InChI=1S/C14H24N2O3/c1-10(7-8-19-2)15-12-9-13(17)16(14(12)18)11-5-3-4-6-11/h10-12,15H,3-9H2,1-2H3. The molecule has 2 aliphatic rings. The first kappa shape index (κ1) is 14.5. The van der Waals surface area contributed by atoms with E-state index in [4.69, 9.17) is 4.74 Å². The Morgan fingerprint density at radius 2 is 2.05 bits per heavy atom. The first-order valence-electron chi connectivity index (χ1n) is 7.24. The lowest BCUT2D eigenvalue weighted by Crippen LogP contribution is -2.45. The third-order valence-corrected chi connectivity index (χ3v) is 4.11. The Hall–Kier alpha value is -0.940. The smallest absolute Gasteiger partial charge is 0.247 e. The number of hydrogen-bond acceptors (Lipinski definition) is 4. The van der Waals surface area contributed by atoms with Gasteiger partial charge in [-0.1, -0.05) is 12.8 Å². The van der Waals surface area contributed by atoms with E-state index in [2.05, 4.69) is 5.32 Å². The van der Waals surface area contributed by atoms with Crippen molar-refractivity contribution in [3.63, 3.8) is 0 Å². The van der Waals surface area contributed by atoms with Gasteiger partial charge < -0.3 is 10.1 Å². The second-order valence-electron chi connectivity index (χ2n) is 5.65. The predicted molar refractivity (Wildman–Crippen MR) is 71.6 cm³/mol. The van der Waals surface area contributed by atoms with Crippen molar-refractivity contribution in [2.24, 2.45) is 0 Å². The highest BCUT2D eigenvalue weighted by Gasteiger charge is 2.43. The van der Waals surface area contributed by atoms with Crippen molar-refractivity contribution in [2.45, 2.75) is 63.6 Å². The molecule has 5 heteroatoms. The highest BCUT2D eigenvalue weighted by atomic mass is 16.5. The summed E-state index contributed by atoms with van der Waals surface area (Å²) in [6.45, 7) is 2.68. The van der Waals surface area contributed by atoms with Crippen molar-refractivity contribution in [2.75, 3.05) is 13.7 Å². The third-order valence-electron chi connectivity index (χ3n) is 4.11. The maximum Gasteiger partial charge on any atom is 0.247 e. The summed E-state index contributed by atoms with van der Waals surface area (Å²) in [5.74, 6) is -0.0329. The van der Waals surface area contributed by atoms with Crippen LogP contribution in [0.3, 0.4) is 0 Å². The maximum absolute atomic E-state index is 12.3. The van der Waals surface area contributed by atoms with E-state index >= 15 is 0 Å². The molecule has 2 rings (SSSR count). The van der Waals surface area contributed by atoms with Gasteiger partial charge in [-0.3, -0.25) is 14.5 Å². The van der Waals surface area contributed by atoms with Gasteiger partial charge in [-0.2, -0.15) is 0 Å². The molecule has 2 amide bonds. The van der Waals surface area contributed by atoms with Crippen LogP contribution in [0.25, 0.3) is 0 Å². The highest BCUT2D eigenvalue weighted by molar-refractivity contribution is 6.05. The summed E-state index contributed by atoms with van der Waals surface area (Å²) in [5.41, 5.74) is 0. The monoisotopic (exact) mass is 268 g/mol. The van der Waals surface area contributed by atoms with Gasteiger partial charge >= 0.3 is 0 Å². The van der Waals surface area contributed by atoms with E-state index in [1.165, 1.54) is 4.90 Å². The van der Waals surface area contributed by atoms with E-state index in [0.29, 0.717) is 13.0 Å². The minimum atomic E-state index is -0.333. The molecule has 0 bridgehead atoms. The molecule has 1 saturated heterocycles. The number of rotatable bonds is 6. The summed E-state index contributed by atoms with van der Waals surface area (Å²) in [6, 6.07) is 0.00580. The summed E-state index contributed by atoms with van der Waals surface area (Å²) >= 11 is 0. The zero-order chi connectivity index (χ0) is 13.8. The average molecular weight is 268 g/mol. The quantitative estimate of drug-likeness (QED) is 0.732. The number of nitrogens with zero attached hydrogens (tertiary/aromatic N) is 1. The largest absolute Gasteiger partial charge is 0.385 e. The first-order chi connectivity index (χ1) is 9.13. The van der Waals surface area contributed by atoms with Crippen LogP contribution in [0.4, 0.5) is 0 Å². The molecule has 1 aliphatic carbocycles. The molecular weight excluding hydrogens is 244 g/mol. The molecular formula is C14H24N2O3. The summed E-state index contributed by atoms with van der Waals surface area (Å²) in [5, 5.41) is 3.26. The highest BCUT2D eigenvalue weighted by Crippen LogP contribution is 2.28. The lowest BCUT2D eigenvalue weighted by atomic mass is 10.1. The molecule has 108 valence electrons. The predicted octanol–water partition coefficient (Wildman–Crippen LogP) is 1.07. The van der Waals surface area contributed by atoms with Gasteiger partial charge in [-0.05, 0) is 26.2 Å². The van der Waals surface area contributed by atoms with E-state index in [9.17, 15) is 9.59 Å². The molecule has 5 nitrogen and oxygen atoms in total. The van der Waals surface area contributed by atoms with E-state index in [1.54, 1.807) is 7.11 Å². The minimum absolute atomic E-state index is 0.00617. The van der Waals surface area contributed by atoms with Crippen molar-refractivity contribution in [3.8, 4) is 0 Å². The number of ether oxygens (including phenoxy) is 1. The van der Waals surface area contributed by atoms with Gasteiger partial charge in [-0.15, -0.1) is 0 Å². The van der Waals surface area contributed by atoms with Gasteiger partial charge in [0, 0.05) is 25.8 Å². The first-order valence-corrected chi connectivity index (χ1v) is 7.24. The molecule has 1 heterocycles. The zero-order valence-corrected chi connectivity index (χ0v) is 11.9. The molecule has 0 aromatic carbocycles. The SMILES string of the molecule is COCCC(C)NC1CC(=O)N(C2CCCC2)C1=O. The summed E-state index contributed by atoms with van der Waals surface area (Å²) in [7, 11) is 1.67. The number of likely N-dealkylation sites (tertiary alicyclic amines) is 1. The number of methoxy groups -OCH3 is 1. The van der Waals surface area contributed by atoms with Crippen molar-refractivity contribution in [1.82, 2.24) is 10.2 Å². The maximum atomic E-state index is 12.3. The van der Waals surface area contributed by atoms with Crippen LogP contribution < -0.4 is 5.32 Å². The molecule has 0 radical (unpaired) electrons. The molecule has 0 aromatic heterocycles. The second kappa shape index (κ2) is 6.48. The van der Waals surface area contributed by atoms with Gasteiger partial charge in [0.25, 0.3) is 0 Å². The van der Waals surface area contributed by atoms with Crippen LogP contribution in [-0.4, -0.2) is 48.6 Å². The number of nitrogens with one attached hydrogen (secondary N) is 1. The molecule has 1 saturated carbocycles. The number of amides is 2. The van der Waals surface area contributed by atoms with Gasteiger partial charge in [0.05, 0.1) is 12.5 Å². The van der Waals surface area contributed by atoms with Gasteiger partial charge in [-0.25, -0.2) is 0 Å². The Morgan fingerprint density at radius 1 is 1.37 bits per heavy atom. The van der Waals surface area contributed by atoms with Gasteiger partial charge in [0.15, 0.2) is 0 Å². The van der Waals surface area contributed by atoms with Crippen molar-refractivity contribution in [1.29, 1.82) is 0 Å². The van der Waals surface area contributed by atoms with Crippen molar-refractivity contribution < 1.29 is 14.3 Å². The van der Waals surface area contributed by atoms with Crippen molar-refractivity contribution >= 4 is 11.8 Å². The minimum Gasteiger partial charge on any atom is -0.385 e. The Morgan fingerprint density at radius 3 is 2.68 bits per heavy atom. The van der Waals surface area contributed by atoms with Crippen LogP contribution in [0.2, 0.25) is 0 Å². The molecule has 19 heavy (non-hydrogen) atoms. The molecule has 1 aliphatic heterocycles. The number of hydrogen-bond donors (Lipinski definition) is 1. The van der Waals surface area contributed by atoms with Gasteiger partial charge in [0.1, 0.15) is 0 Å².